The lowest BCUT2D eigenvalue weighted by atomic mass is 9.96. The largest absolute Gasteiger partial charge is 0.485 e. The van der Waals surface area contributed by atoms with Crippen molar-refractivity contribution in [3.63, 3.8) is 0 Å². The van der Waals surface area contributed by atoms with Crippen LogP contribution < -0.4 is 4.74 Å². The van der Waals surface area contributed by atoms with Crippen molar-refractivity contribution in [2.45, 2.75) is 19.3 Å². The topological polar surface area (TPSA) is 88.7 Å². The Morgan fingerprint density at radius 3 is 2.54 bits per heavy atom. The molecule has 12 heteroatoms. The summed E-state index contributed by atoms with van der Waals surface area (Å²) in [4.78, 5) is 16.4. The number of nitrogens with zero attached hydrogens (tertiary/aromatic N) is 3. The van der Waals surface area contributed by atoms with E-state index in [1.165, 1.54) is 29.2 Å². The highest BCUT2D eigenvalue weighted by molar-refractivity contribution is 5.85. The number of likely N-dealkylation sites (tertiary alicyclic amines) is 1. The van der Waals surface area contributed by atoms with Gasteiger partial charge in [0.1, 0.15) is 11.6 Å². The Kier molecular flexibility index (Phi) is 6.83. The average Bonchev–Trinajstić information content (AvgIpc) is 3.21. The van der Waals surface area contributed by atoms with E-state index in [0.29, 0.717) is 5.75 Å². The maximum atomic E-state index is 13.0. The zero-order valence-electron chi connectivity index (χ0n) is 14.2. The van der Waals surface area contributed by atoms with Gasteiger partial charge >= 0.3 is 12.1 Å². The lowest BCUT2D eigenvalue weighted by Crippen LogP contribution is -2.33. The number of carbonyl (C=O) groups is 1. The van der Waals surface area contributed by atoms with Crippen molar-refractivity contribution in [2.24, 2.45) is 11.8 Å². The third-order valence-corrected chi connectivity index (χ3v) is 4.18. The molecule has 3 rings (SSSR count). The molecule has 1 fully saturated rings. The SMILES string of the molecule is Cl.O=C(O)[C@@H]1CN(Cc2nc(COc3ccc(F)cc3)no2)C[C@H]1C(F)(F)F. The summed E-state index contributed by atoms with van der Waals surface area (Å²) >= 11 is 0. The Morgan fingerprint density at radius 2 is 1.96 bits per heavy atom. The third kappa shape index (κ3) is 5.32. The molecule has 0 unspecified atom stereocenters. The van der Waals surface area contributed by atoms with E-state index in [9.17, 15) is 22.4 Å². The molecule has 154 valence electrons. The van der Waals surface area contributed by atoms with Gasteiger partial charge in [-0.25, -0.2) is 4.39 Å². The minimum atomic E-state index is -4.60. The standard InChI is InChI=1S/C16H15F4N3O4.ClH/c17-9-1-3-10(4-2-9)26-8-13-21-14(27-22-13)7-23-5-11(15(24)25)12(6-23)16(18,19)20;/h1-4,11-12H,5-8H2,(H,24,25);1H/t11-,12-;/m1./s1. The first kappa shape index (κ1) is 21.9. The summed E-state index contributed by atoms with van der Waals surface area (Å²) in [6, 6.07) is 5.29. The Labute approximate surface area is 162 Å². The van der Waals surface area contributed by atoms with Crippen LogP contribution in [0.1, 0.15) is 11.7 Å². The van der Waals surface area contributed by atoms with Crippen LogP contribution in [0.25, 0.3) is 0 Å². The minimum absolute atomic E-state index is 0. The fraction of sp³-hybridized carbons (Fsp3) is 0.438. The number of halogens is 5. The molecule has 1 aromatic carbocycles. The summed E-state index contributed by atoms with van der Waals surface area (Å²) in [5.74, 6) is -4.77. The van der Waals surface area contributed by atoms with Gasteiger partial charge < -0.3 is 14.4 Å². The van der Waals surface area contributed by atoms with E-state index in [2.05, 4.69) is 10.1 Å². The van der Waals surface area contributed by atoms with Crippen LogP contribution in [0.4, 0.5) is 17.6 Å². The van der Waals surface area contributed by atoms with Gasteiger partial charge in [-0.2, -0.15) is 18.2 Å². The van der Waals surface area contributed by atoms with Gasteiger partial charge in [0.25, 0.3) is 0 Å². The van der Waals surface area contributed by atoms with Gasteiger partial charge in [0.2, 0.25) is 11.7 Å². The highest BCUT2D eigenvalue weighted by atomic mass is 35.5. The predicted octanol–water partition coefficient (Wildman–Crippen LogP) is 2.90. The average molecular weight is 426 g/mol. The summed E-state index contributed by atoms with van der Waals surface area (Å²) < 4.78 is 62.1. The van der Waals surface area contributed by atoms with Gasteiger partial charge in [-0.3, -0.25) is 9.69 Å². The van der Waals surface area contributed by atoms with Crippen molar-refractivity contribution in [1.82, 2.24) is 15.0 Å². The Morgan fingerprint density at radius 1 is 1.29 bits per heavy atom. The molecule has 2 atom stereocenters. The van der Waals surface area contributed by atoms with E-state index in [1.807, 2.05) is 0 Å². The maximum Gasteiger partial charge on any atom is 0.393 e. The number of ether oxygens (including phenoxy) is 1. The molecule has 0 saturated carbocycles. The van der Waals surface area contributed by atoms with Gasteiger partial charge in [0.05, 0.1) is 18.4 Å². The fourth-order valence-corrected chi connectivity index (χ4v) is 2.88. The van der Waals surface area contributed by atoms with Gasteiger partial charge in [0, 0.05) is 13.1 Å². The van der Waals surface area contributed by atoms with Crippen LogP contribution in [-0.2, 0) is 17.9 Å². The van der Waals surface area contributed by atoms with Gasteiger partial charge in [-0.15, -0.1) is 12.4 Å². The van der Waals surface area contributed by atoms with Gasteiger partial charge in [0.15, 0.2) is 6.61 Å². The first-order valence-electron chi connectivity index (χ1n) is 7.94. The molecule has 0 bridgehead atoms. The second-order valence-corrected chi connectivity index (χ2v) is 6.13. The van der Waals surface area contributed by atoms with Crippen molar-refractivity contribution < 1.29 is 36.7 Å². The summed E-state index contributed by atoms with van der Waals surface area (Å²) in [5.41, 5.74) is 0. The number of hydrogen-bond donors (Lipinski definition) is 1. The maximum absolute atomic E-state index is 13.0. The van der Waals surface area contributed by atoms with Crippen molar-refractivity contribution in [2.75, 3.05) is 13.1 Å². The molecule has 1 saturated heterocycles. The quantitative estimate of drug-likeness (QED) is 0.712. The lowest BCUT2D eigenvalue weighted by Gasteiger charge is -2.17. The van der Waals surface area contributed by atoms with Crippen LogP contribution in [0, 0.1) is 17.7 Å². The third-order valence-electron chi connectivity index (χ3n) is 4.18. The molecule has 7 nitrogen and oxygen atoms in total. The Hall–Kier alpha value is -2.40. The summed E-state index contributed by atoms with van der Waals surface area (Å²) in [5, 5.41) is 12.7. The van der Waals surface area contributed by atoms with E-state index in [0.717, 1.165) is 0 Å². The van der Waals surface area contributed by atoms with E-state index in [1.54, 1.807) is 0 Å². The normalized spacial score (nSPS) is 20.0. The van der Waals surface area contributed by atoms with Crippen LogP contribution in [0.2, 0.25) is 0 Å². The Balaban J connectivity index is 0.00000280. The van der Waals surface area contributed by atoms with E-state index in [4.69, 9.17) is 14.4 Å². The molecule has 0 spiro atoms. The van der Waals surface area contributed by atoms with Crippen molar-refractivity contribution in [3.05, 3.63) is 41.8 Å². The second-order valence-electron chi connectivity index (χ2n) is 6.13. The molecule has 0 aliphatic carbocycles. The van der Waals surface area contributed by atoms with Crippen LogP contribution in [0.15, 0.2) is 28.8 Å². The molecule has 0 amide bonds. The lowest BCUT2D eigenvalue weighted by molar-refractivity contribution is -0.188. The molecule has 1 aliphatic rings. The summed E-state index contributed by atoms with van der Waals surface area (Å²) in [6.45, 7) is -0.883. The number of carboxylic acid groups (broad SMARTS) is 1. The second kappa shape index (κ2) is 8.74. The molecular weight excluding hydrogens is 410 g/mol. The number of aromatic nitrogens is 2. The molecule has 1 aromatic heterocycles. The zero-order valence-corrected chi connectivity index (χ0v) is 15.0. The molecule has 0 radical (unpaired) electrons. The molecule has 28 heavy (non-hydrogen) atoms. The number of hydrogen-bond acceptors (Lipinski definition) is 6. The van der Waals surface area contributed by atoms with E-state index >= 15 is 0 Å². The van der Waals surface area contributed by atoms with Crippen molar-refractivity contribution in [1.29, 1.82) is 0 Å². The van der Waals surface area contributed by atoms with Crippen molar-refractivity contribution >= 4 is 18.4 Å². The summed E-state index contributed by atoms with van der Waals surface area (Å²) in [6.07, 6.45) is -4.60. The Bertz CT molecular complexity index is 800. The summed E-state index contributed by atoms with van der Waals surface area (Å²) in [7, 11) is 0. The van der Waals surface area contributed by atoms with Crippen molar-refractivity contribution in [3.8, 4) is 5.75 Å². The van der Waals surface area contributed by atoms with Crippen LogP contribution in [0.5, 0.6) is 5.75 Å². The first-order valence-corrected chi connectivity index (χ1v) is 7.94. The van der Waals surface area contributed by atoms with E-state index < -0.39 is 36.3 Å². The highest BCUT2D eigenvalue weighted by Gasteiger charge is 2.52. The van der Waals surface area contributed by atoms with Crippen LogP contribution >= 0.6 is 12.4 Å². The number of benzene rings is 1. The van der Waals surface area contributed by atoms with Gasteiger partial charge in [-0.05, 0) is 24.3 Å². The first-order chi connectivity index (χ1) is 12.7. The molecule has 2 aromatic rings. The molecule has 2 heterocycles. The molecule has 1 N–H and O–H groups in total. The molecular formula is C16H16ClF4N3O4. The number of rotatable bonds is 6. The monoisotopic (exact) mass is 425 g/mol. The number of alkyl halides is 3. The minimum Gasteiger partial charge on any atom is -0.485 e. The van der Waals surface area contributed by atoms with Crippen LogP contribution in [0.3, 0.4) is 0 Å². The number of carboxylic acids is 1. The van der Waals surface area contributed by atoms with E-state index in [-0.39, 0.29) is 43.8 Å². The smallest absolute Gasteiger partial charge is 0.393 e. The number of aliphatic carboxylic acids is 1. The van der Waals surface area contributed by atoms with Crippen LogP contribution in [-0.4, -0.2) is 45.4 Å². The molecule has 1 aliphatic heterocycles. The van der Waals surface area contributed by atoms with Gasteiger partial charge in [-0.1, -0.05) is 5.16 Å². The zero-order chi connectivity index (χ0) is 19.6. The predicted molar refractivity (Wildman–Crippen MR) is 88.2 cm³/mol. The highest BCUT2D eigenvalue weighted by Crippen LogP contribution is 2.38. The fourth-order valence-electron chi connectivity index (χ4n) is 2.88.